The van der Waals surface area contributed by atoms with Gasteiger partial charge in [0.15, 0.2) is 0 Å². The van der Waals surface area contributed by atoms with Crippen LogP contribution in [0.15, 0.2) is 54.6 Å². The van der Waals surface area contributed by atoms with Gasteiger partial charge in [-0.2, -0.15) is 0 Å². The van der Waals surface area contributed by atoms with Gasteiger partial charge in [-0.05, 0) is 31.4 Å². The molecule has 3 heterocycles. The highest BCUT2D eigenvalue weighted by Crippen LogP contribution is 2.35. The van der Waals surface area contributed by atoms with Crippen LogP contribution < -0.4 is 9.47 Å². The molecule has 40 heavy (non-hydrogen) atoms. The Kier molecular flexibility index (Phi) is 8.19. The van der Waals surface area contributed by atoms with E-state index in [2.05, 4.69) is 0 Å². The minimum Gasteiger partial charge on any atom is -0.497 e. The van der Waals surface area contributed by atoms with Crippen molar-refractivity contribution in [2.45, 2.75) is 51.2 Å². The largest absolute Gasteiger partial charge is 0.497 e. The van der Waals surface area contributed by atoms with Crippen LogP contribution in [0.4, 0.5) is 0 Å². The summed E-state index contributed by atoms with van der Waals surface area (Å²) in [4.78, 5) is 46.3. The molecule has 5 rings (SSSR count). The van der Waals surface area contributed by atoms with Crippen LogP contribution >= 0.6 is 0 Å². The molecule has 1 N–H and O–H groups in total. The fraction of sp³-hybridized carbons (Fsp3) is 0.419. The Morgan fingerprint density at radius 3 is 2.50 bits per heavy atom. The summed E-state index contributed by atoms with van der Waals surface area (Å²) in [5, 5.41) is 10.7. The van der Waals surface area contributed by atoms with Gasteiger partial charge in [0, 0.05) is 54.9 Å². The average Bonchev–Trinajstić information content (AvgIpc) is 3.41. The van der Waals surface area contributed by atoms with Gasteiger partial charge in [0.05, 0.1) is 24.9 Å². The van der Waals surface area contributed by atoms with Crippen LogP contribution in [-0.2, 0) is 14.4 Å². The standard InChI is InChI=1S/C31H35N3O6/c1-20(15-29(35)33-13-7-4-8-14-33)30(36)34-19-23(17-27(34)31(37)38)40-28-18-25(21-9-5-3-6-10-21)32-26-16-22(39-2)11-12-24(26)28/h3,5-6,9-12,16,18,20,23,27H,4,7-8,13-15,17,19H2,1-2H3,(H,37,38). The summed E-state index contributed by atoms with van der Waals surface area (Å²) in [6, 6.07) is 16.1. The van der Waals surface area contributed by atoms with Crippen LogP contribution in [0.1, 0.15) is 39.0 Å². The lowest BCUT2D eigenvalue weighted by molar-refractivity contribution is -0.150. The fourth-order valence-corrected chi connectivity index (χ4v) is 5.60. The lowest BCUT2D eigenvalue weighted by Gasteiger charge is -2.29. The first-order valence-electron chi connectivity index (χ1n) is 13.9. The number of fused-ring (bicyclic) bond motifs is 1. The number of benzene rings is 2. The maximum Gasteiger partial charge on any atom is 0.326 e. The highest BCUT2D eigenvalue weighted by Gasteiger charge is 2.42. The van der Waals surface area contributed by atoms with Gasteiger partial charge in [-0.3, -0.25) is 9.59 Å². The van der Waals surface area contributed by atoms with Gasteiger partial charge in [0.2, 0.25) is 11.8 Å². The first kappa shape index (κ1) is 27.4. The average molecular weight is 546 g/mol. The molecule has 2 aromatic carbocycles. The molecule has 2 aliphatic heterocycles. The number of hydrogen-bond acceptors (Lipinski definition) is 6. The van der Waals surface area contributed by atoms with Gasteiger partial charge in [0.25, 0.3) is 0 Å². The van der Waals surface area contributed by atoms with E-state index in [1.165, 1.54) is 4.90 Å². The number of carbonyl (C=O) groups excluding carboxylic acids is 2. The van der Waals surface area contributed by atoms with Crippen LogP contribution in [0.3, 0.4) is 0 Å². The number of aliphatic carboxylic acids is 1. The van der Waals surface area contributed by atoms with Crippen molar-refractivity contribution in [1.82, 2.24) is 14.8 Å². The van der Waals surface area contributed by atoms with Crippen molar-refractivity contribution in [2.75, 3.05) is 26.7 Å². The maximum absolute atomic E-state index is 13.4. The van der Waals surface area contributed by atoms with E-state index in [4.69, 9.17) is 14.5 Å². The second-order valence-corrected chi connectivity index (χ2v) is 10.6. The molecular weight excluding hydrogens is 510 g/mol. The Balaban J connectivity index is 1.37. The Labute approximate surface area is 233 Å². The number of carboxylic acid groups (broad SMARTS) is 1. The van der Waals surface area contributed by atoms with Gasteiger partial charge in [-0.1, -0.05) is 37.3 Å². The summed E-state index contributed by atoms with van der Waals surface area (Å²) >= 11 is 0. The molecule has 2 fully saturated rings. The summed E-state index contributed by atoms with van der Waals surface area (Å²) in [5.74, 6) is -0.863. The summed E-state index contributed by atoms with van der Waals surface area (Å²) in [6.45, 7) is 3.26. The van der Waals surface area contributed by atoms with Crippen LogP contribution in [0.2, 0.25) is 0 Å². The molecule has 2 saturated heterocycles. The monoisotopic (exact) mass is 545 g/mol. The zero-order chi connectivity index (χ0) is 28.2. The lowest BCUT2D eigenvalue weighted by Crippen LogP contribution is -2.45. The van der Waals surface area contributed by atoms with E-state index in [9.17, 15) is 19.5 Å². The van der Waals surface area contributed by atoms with Crippen molar-refractivity contribution < 1.29 is 29.0 Å². The number of likely N-dealkylation sites (tertiary alicyclic amines) is 2. The number of ether oxygens (including phenoxy) is 2. The van der Waals surface area contributed by atoms with Crippen molar-refractivity contribution in [2.24, 2.45) is 5.92 Å². The van der Waals surface area contributed by atoms with E-state index in [0.717, 1.165) is 30.2 Å². The molecule has 210 valence electrons. The predicted octanol–water partition coefficient (Wildman–Crippen LogP) is 4.38. The maximum atomic E-state index is 13.4. The van der Waals surface area contributed by atoms with Gasteiger partial charge in [0.1, 0.15) is 23.6 Å². The number of carbonyl (C=O) groups is 3. The first-order valence-corrected chi connectivity index (χ1v) is 13.9. The zero-order valence-corrected chi connectivity index (χ0v) is 22.9. The smallest absolute Gasteiger partial charge is 0.326 e. The van der Waals surface area contributed by atoms with Crippen LogP contribution in [-0.4, -0.2) is 76.6 Å². The molecule has 3 atom stereocenters. The predicted molar refractivity (Wildman–Crippen MR) is 150 cm³/mol. The second-order valence-electron chi connectivity index (χ2n) is 10.6. The summed E-state index contributed by atoms with van der Waals surface area (Å²) in [7, 11) is 1.59. The number of hydrogen-bond donors (Lipinski definition) is 1. The van der Waals surface area contributed by atoms with E-state index < -0.39 is 24.0 Å². The fourth-order valence-electron chi connectivity index (χ4n) is 5.60. The topological polar surface area (TPSA) is 109 Å². The molecule has 0 aliphatic carbocycles. The quantitative estimate of drug-likeness (QED) is 0.447. The van der Waals surface area contributed by atoms with Crippen molar-refractivity contribution in [3.05, 3.63) is 54.6 Å². The van der Waals surface area contributed by atoms with E-state index in [-0.39, 0.29) is 31.2 Å². The lowest BCUT2D eigenvalue weighted by atomic mass is 10.0. The summed E-state index contributed by atoms with van der Waals surface area (Å²) in [5.41, 5.74) is 2.30. The Morgan fingerprint density at radius 1 is 1.05 bits per heavy atom. The number of rotatable bonds is 8. The molecule has 2 aliphatic rings. The number of nitrogens with zero attached hydrogens (tertiary/aromatic N) is 3. The third-order valence-corrected chi connectivity index (χ3v) is 7.78. The minimum atomic E-state index is -1.08. The number of methoxy groups -OCH3 is 1. The first-order chi connectivity index (χ1) is 19.3. The molecule has 1 aromatic heterocycles. The zero-order valence-electron chi connectivity index (χ0n) is 22.9. The highest BCUT2D eigenvalue weighted by atomic mass is 16.5. The van der Waals surface area contributed by atoms with Crippen LogP contribution in [0, 0.1) is 5.92 Å². The number of amides is 2. The normalized spacial score (nSPS) is 19.9. The minimum absolute atomic E-state index is 0.0495. The van der Waals surface area contributed by atoms with Crippen molar-refractivity contribution in [3.8, 4) is 22.8 Å². The molecule has 9 heteroatoms. The van der Waals surface area contributed by atoms with Gasteiger partial charge < -0.3 is 24.4 Å². The third kappa shape index (κ3) is 5.88. The molecule has 2 amide bonds. The van der Waals surface area contributed by atoms with Gasteiger partial charge in [-0.15, -0.1) is 0 Å². The van der Waals surface area contributed by atoms with Crippen molar-refractivity contribution >= 4 is 28.7 Å². The molecule has 0 saturated carbocycles. The molecule has 3 unspecified atom stereocenters. The van der Waals surface area contributed by atoms with E-state index >= 15 is 0 Å². The second kappa shape index (κ2) is 11.9. The van der Waals surface area contributed by atoms with Crippen molar-refractivity contribution in [1.29, 1.82) is 0 Å². The number of pyridine rings is 1. The van der Waals surface area contributed by atoms with Gasteiger partial charge >= 0.3 is 5.97 Å². The number of aromatic nitrogens is 1. The molecule has 0 bridgehead atoms. The molecule has 3 aromatic rings. The van der Waals surface area contributed by atoms with E-state index in [0.29, 0.717) is 35.8 Å². The Bertz CT molecular complexity index is 1390. The van der Waals surface area contributed by atoms with E-state index in [1.54, 1.807) is 14.0 Å². The molecular formula is C31H35N3O6. The van der Waals surface area contributed by atoms with Crippen LogP contribution in [0.25, 0.3) is 22.2 Å². The number of piperidine rings is 1. The molecule has 9 nitrogen and oxygen atoms in total. The molecule has 0 radical (unpaired) electrons. The third-order valence-electron chi connectivity index (χ3n) is 7.78. The van der Waals surface area contributed by atoms with Crippen LogP contribution in [0.5, 0.6) is 11.5 Å². The summed E-state index contributed by atoms with van der Waals surface area (Å²) < 4.78 is 11.8. The Morgan fingerprint density at radius 2 is 1.80 bits per heavy atom. The SMILES string of the molecule is COc1ccc2c(OC3CC(C(=O)O)N(C(=O)C(C)CC(=O)N4CCCCC4)C3)cc(-c3ccccc3)nc2c1. The van der Waals surface area contributed by atoms with Crippen molar-refractivity contribution in [3.63, 3.8) is 0 Å². The van der Waals surface area contributed by atoms with E-state index in [1.807, 2.05) is 59.5 Å². The van der Waals surface area contributed by atoms with Gasteiger partial charge in [-0.25, -0.2) is 9.78 Å². The number of carboxylic acids is 1. The summed E-state index contributed by atoms with van der Waals surface area (Å²) in [6.07, 6.45) is 2.75. The molecule has 0 spiro atoms. The highest BCUT2D eigenvalue weighted by molar-refractivity contribution is 5.90. The Hall–Kier alpha value is -4.14.